The van der Waals surface area contributed by atoms with E-state index in [1.165, 1.54) is 0 Å². The third-order valence-corrected chi connectivity index (χ3v) is 3.53. The molecule has 0 spiro atoms. The van der Waals surface area contributed by atoms with E-state index in [-0.39, 0.29) is 12.5 Å². The Balaban J connectivity index is 2.32. The summed E-state index contributed by atoms with van der Waals surface area (Å²) in [5.41, 5.74) is 2.95. The highest BCUT2D eigenvalue weighted by Gasteiger charge is 2.05. The van der Waals surface area contributed by atoms with Crippen molar-refractivity contribution in [2.45, 2.75) is 20.3 Å². The monoisotopic (exact) mass is 267 g/mol. The molecule has 0 heterocycles. The van der Waals surface area contributed by atoms with Gasteiger partial charge >= 0.3 is 0 Å². The van der Waals surface area contributed by atoms with Crippen molar-refractivity contribution in [1.82, 2.24) is 5.32 Å². The Morgan fingerprint density at radius 3 is 2.50 bits per heavy atom. The second-order valence-electron chi connectivity index (χ2n) is 4.32. The first-order chi connectivity index (χ1) is 8.63. The second kappa shape index (κ2) is 8.16. The van der Waals surface area contributed by atoms with E-state index in [9.17, 15) is 4.79 Å². The van der Waals surface area contributed by atoms with E-state index in [0.29, 0.717) is 6.54 Å². The molecule has 1 amide bonds. The highest BCUT2D eigenvalue weighted by molar-refractivity contribution is 7.99. The van der Waals surface area contributed by atoms with Gasteiger partial charge in [-0.15, -0.1) is 0 Å². The van der Waals surface area contributed by atoms with Crippen LogP contribution in [0.4, 0.5) is 0 Å². The van der Waals surface area contributed by atoms with Gasteiger partial charge in [0, 0.05) is 24.5 Å². The van der Waals surface area contributed by atoms with E-state index in [2.05, 4.69) is 11.4 Å². The standard InChI is InChI=1S/C14H21NO2S/c1-11-8-12(2)10-13(9-11)14(17)15-4-7-18-6-3-5-16/h8-10,16H,3-7H2,1-2H3,(H,15,17). The Kier molecular flexibility index (Phi) is 6.83. The van der Waals surface area contributed by atoms with Crippen molar-refractivity contribution >= 4 is 17.7 Å². The Bertz CT molecular complexity index is 373. The molecule has 1 aromatic rings. The molecule has 0 aliphatic heterocycles. The summed E-state index contributed by atoms with van der Waals surface area (Å²) in [6, 6.07) is 5.87. The first-order valence-electron chi connectivity index (χ1n) is 6.18. The number of aliphatic hydroxyl groups is 1. The Morgan fingerprint density at radius 1 is 1.22 bits per heavy atom. The molecule has 0 aromatic heterocycles. The lowest BCUT2D eigenvalue weighted by Crippen LogP contribution is -2.26. The SMILES string of the molecule is Cc1cc(C)cc(C(=O)NCCSCCCO)c1. The predicted molar refractivity (Wildman–Crippen MR) is 77.3 cm³/mol. The van der Waals surface area contributed by atoms with Crippen LogP contribution in [0.1, 0.15) is 27.9 Å². The molecule has 18 heavy (non-hydrogen) atoms. The van der Waals surface area contributed by atoms with Crippen molar-refractivity contribution in [2.24, 2.45) is 0 Å². The number of carbonyl (C=O) groups is 1. The number of hydrogen-bond acceptors (Lipinski definition) is 3. The van der Waals surface area contributed by atoms with E-state index >= 15 is 0 Å². The van der Waals surface area contributed by atoms with Crippen LogP contribution in [0.2, 0.25) is 0 Å². The van der Waals surface area contributed by atoms with Gasteiger partial charge in [-0.1, -0.05) is 17.2 Å². The van der Waals surface area contributed by atoms with Gasteiger partial charge in [0.1, 0.15) is 0 Å². The third kappa shape index (κ3) is 5.56. The second-order valence-corrected chi connectivity index (χ2v) is 5.55. The van der Waals surface area contributed by atoms with Crippen LogP contribution in [-0.2, 0) is 0 Å². The van der Waals surface area contributed by atoms with Gasteiger partial charge in [-0.2, -0.15) is 11.8 Å². The minimum absolute atomic E-state index is 0.00967. The average molecular weight is 267 g/mol. The molecule has 0 aliphatic carbocycles. The molecular weight excluding hydrogens is 246 g/mol. The molecule has 1 rings (SSSR count). The molecule has 0 aliphatic rings. The number of thioether (sulfide) groups is 1. The minimum atomic E-state index is -0.00967. The summed E-state index contributed by atoms with van der Waals surface area (Å²) in [7, 11) is 0. The maximum absolute atomic E-state index is 11.9. The first-order valence-corrected chi connectivity index (χ1v) is 7.34. The van der Waals surface area contributed by atoms with E-state index in [0.717, 1.165) is 34.6 Å². The van der Waals surface area contributed by atoms with E-state index in [1.807, 2.05) is 26.0 Å². The summed E-state index contributed by atoms with van der Waals surface area (Å²) >= 11 is 1.75. The average Bonchev–Trinajstić information content (AvgIpc) is 2.32. The van der Waals surface area contributed by atoms with Gasteiger partial charge in [0.25, 0.3) is 5.91 Å². The van der Waals surface area contributed by atoms with Gasteiger partial charge in [-0.25, -0.2) is 0 Å². The maximum atomic E-state index is 11.9. The Hall–Kier alpha value is -1.00. The highest BCUT2D eigenvalue weighted by atomic mass is 32.2. The van der Waals surface area contributed by atoms with Crippen LogP contribution < -0.4 is 5.32 Å². The van der Waals surface area contributed by atoms with Gasteiger partial charge in [-0.3, -0.25) is 4.79 Å². The van der Waals surface area contributed by atoms with Gasteiger partial charge in [0.2, 0.25) is 0 Å². The van der Waals surface area contributed by atoms with Crippen molar-refractivity contribution in [1.29, 1.82) is 0 Å². The summed E-state index contributed by atoms with van der Waals surface area (Å²) in [5.74, 6) is 1.82. The summed E-state index contributed by atoms with van der Waals surface area (Å²) in [4.78, 5) is 11.9. The van der Waals surface area contributed by atoms with Crippen LogP contribution in [0, 0.1) is 13.8 Å². The molecule has 4 heteroatoms. The van der Waals surface area contributed by atoms with Crippen LogP contribution in [-0.4, -0.2) is 35.7 Å². The van der Waals surface area contributed by atoms with Crippen molar-refractivity contribution in [2.75, 3.05) is 24.7 Å². The zero-order valence-electron chi connectivity index (χ0n) is 11.0. The minimum Gasteiger partial charge on any atom is -0.396 e. The largest absolute Gasteiger partial charge is 0.396 e. The number of rotatable bonds is 7. The molecule has 0 unspecified atom stereocenters. The maximum Gasteiger partial charge on any atom is 0.251 e. The summed E-state index contributed by atoms with van der Waals surface area (Å²) in [6.45, 7) is 4.90. The lowest BCUT2D eigenvalue weighted by molar-refractivity contribution is 0.0956. The van der Waals surface area contributed by atoms with Crippen LogP contribution in [0.25, 0.3) is 0 Å². The van der Waals surface area contributed by atoms with Crippen LogP contribution in [0.15, 0.2) is 18.2 Å². The Labute approximate surface area is 113 Å². The fourth-order valence-corrected chi connectivity index (χ4v) is 2.50. The molecule has 0 radical (unpaired) electrons. The molecule has 0 atom stereocenters. The zero-order valence-corrected chi connectivity index (χ0v) is 11.8. The Morgan fingerprint density at radius 2 is 1.89 bits per heavy atom. The van der Waals surface area contributed by atoms with Gasteiger partial charge in [0.15, 0.2) is 0 Å². The highest BCUT2D eigenvalue weighted by Crippen LogP contribution is 2.08. The van der Waals surface area contributed by atoms with Crippen molar-refractivity contribution < 1.29 is 9.90 Å². The van der Waals surface area contributed by atoms with E-state index < -0.39 is 0 Å². The smallest absolute Gasteiger partial charge is 0.251 e. The van der Waals surface area contributed by atoms with E-state index in [4.69, 9.17) is 5.11 Å². The van der Waals surface area contributed by atoms with Crippen molar-refractivity contribution in [3.63, 3.8) is 0 Å². The molecular formula is C14H21NO2S. The molecule has 3 nitrogen and oxygen atoms in total. The molecule has 1 aromatic carbocycles. The molecule has 0 fully saturated rings. The number of aryl methyl sites for hydroxylation is 2. The molecule has 0 saturated carbocycles. The fraction of sp³-hybridized carbons (Fsp3) is 0.500. The first kappa shape index (κ1) is 15.1. The third-order valence-electron chi connectivity index (χ3n) is 2.46. The fourth-order valence-electron chi connectivity index (χ4n) is 1.71. The topological polar surface area (TPSA) is 49.3 Å². The quantitative estimate of drug-likeness (QED) is 0.744. The predicted octanol–water partition coefficient (Wildman–Crippen LogP) is 2.15. The molecule has 2 N–H and O–H groups in total. The molecule has 100 valence electrons. The lowest BCUT2D eigenvalue weighted by Gasteiger charge is -2.07. The summed E-state index contributed by atoms with van der Waals surface area (Å²) in [6.07, 6.45) is 0.815. The van der Waals surface area contributed by atoms with Gasteiger partial charge in [0.05, 0.1) is 0 Å². The van der Waals surface area contributed by atoms with Gasteiger partial charge < -0.3 is 10.4 Å². The van der Waals surface area contributed by atoms with Crippen LogP contribution in [0.5, 0.6) is 0 Å². The van der Waals surface area contributed by atoms with E-state index in [1.54, 1.807) is 11.8 Å². The number of benzene rings is 1. The van der Waals surface area contributed by atoms with Crippen molar-refractivity contribution in [3.8, 4) is 0 Å². The van der Waals surface area contributed by atoms with Crippen LogP contribution in [0.3, 0.4) is 0 Å². The number of nitrogens with one attached hydrogen (secondary N) is 1. The molecule has 0 saturated heterocycles. The lowest BCUT2D eigenvalue weighted by atomic mass is 10.1. The number of amides is 1. The normalized spacial score (nSPS) is 10.4. The van der Waals surface area contributed by atoms with Gasteiger partial charge in [-0.05, 0) is 38.2 Å². The molecule has 0 bridgehead atoms. The number of aliphatic hydroxyl groups excluding tert-OH is 1. The van der Waals surface area contributed by atoms with Crippen molar-refractivity contribution in [3.05, 3.63) is 34.9 Å². The number of carbonyl (C=O) groups excluding carboxylic acids is 1. The van der Waals surface area contributed by atoms with Crippen LogP contribution >= 0.6 is 11.8 Å². The summed E-state index contributed by atoms with van der Waals surface area (Å²) in [5, 5.41) is 11.5. The zero-order chi connectivity index (χ0) is 13.4. The summed E-state index contributed by atoms with van der Waals surface area (Å²) < 4.78 is 0. The number of hydrogen-bond donors (Lipinski definition) is 2.